The van der Waals surface area contributed by atoms with Gasteiger partial charge in [-0.25, -0.2) is 0 Å². The maximum Gasteiger partial charge on any atom is 0.0525 e. The molecular formula is C72H80N2. The van der Waals surface area contributed by atoms with E-state index in [0.717, 1.165) is 33.9 Å². The van der Waals surface area contributed by atoms with Crippen LogP contribution in [0.25, 0.3) is 34.4 Å². The predicted octanol–water partition coefficient (Wildman–Crippen LogP) is 21.7. The molecule has 0 aliphatic rings. The van der Waals surface area contributed by atoms with Gasteiger partial charge in [0.2, 0.25) is 0 Å². The Bertz CT molecular complexity index is 2970. The largest absolute Gasteiger partial charge is 0.310 e. The molecular weight excluding hydrogens is 893 g/mol. The van der Waals surface area contributed by atoms with E-state index in [4.69, 9.17) is 0 Å². The van der Waals surface area contributed by atoms with E-state index < -0.39 is 0 Å². The van der Waals surface area contributed by atoms with Gasteiger partial charge in [0.1, 0.15) is 0 Å². The van der Waals surface area contributed by atoms with Crippen LogP contribution in [-0.4, -0.2) is 0 Å². The van der Waals surface area contributed by atoms with Gasteiger partial charge in [0.25, 0.3) is 0 Å². The molecule has 0 spiro atoms. The van der Waals surface area contributed by atoms with Gasteiger partial charge in [-0.05, 0) is 232 Å². The van der Waals surface area contributed by atoms with Crippen LogP contribution in [0.4, 0.5) is 34.1 Å². The maximum absolute atomic E-state index is 2.45. The van der Waals surface area contributed by atoms with Gasteiger partial charge in [0.15, 0.2) is 0 Å². The van der Waals surface area contributed by atoms with Crippen LogP contribution in [0.5, 0.6) is 0 Å². The van der Waals surface area contributed by atoms with E-state index in [2.05, 4.69) is 287 Å². The number of hydrogen-bond donors (Lipinski definition) is 0. The van der Waals surface area contributed by atoms with E-state index in [1.165, 1.54) is 100 Å². The van der Waals surface area contributed by atoms with Gasteiger partial charge in [-0.3, -0.25) is 0 Å². The van der Waals surface area contributed by atoms with Crippen molar-refractivity contribution in [3.8, 4) is 11.1 Å². The van der Waals surface area contributed by atoms with E-state index in [0.29, 0.717) is 0 Å². The van der Waals surface area contributed by atoms with Crippen LogP contribution in [0, 0.1) is 69.2 Å². The summed E-state index contributed by atoms with van der Waals surface area (Å²) in [7, 11) is 0. The van der Waals surface area contributed by atoms with Crippen LogP contribution in [-0.2, 0) is 0 Å². The molecule has 8 aromatic carbocycles. The van der Waals surface area contributed by atoms with Gasteiger partial charge < -0.3 is 9.80 Å². The summed E-state index contributed by atoms with van der Waals surface area (Å²) in [5.41, 5.74) is 29.9. The minimum absolute atomic E-state index is 1.13. The van der Waals surface area contributed by atoms with Gasteiger partial charge in [0.05, 0.1) is 11.4 Å². The van der Waals surface area contributed by atoms with Crippen LogP contribution >= 0.6 is 0 Å². The predicted molar refractivity (Wildman–Crippen MR) is 330 cm³/mol. The summed E-state index contributed by atoms with van der Waals surface area (Å²) >= 11 is 0. The molecule has 0 fully saturated rings. The SMILES string of the molecule is C/C(=C\C=C\c1ccc(N(c2ccc(-c3ccc(N(c4ccc(/C=C/C=C(\C)c5ccccc5)cc4)c4c(C)c(C)c(C)c(C)c4C)cc3)cc2)c2c(C)c(C)c(C)c(C)c2C)cc1)c1ccccc1.CC.CC. The highest BCUT2D eigenvalue weighted by atomic mass is 15.2. The quantitative estimate of drug-likeness (QED) is 0.106. The average molecular weight is 973 g/mol. The Kier molecular flexibility index (Phi) is 19.4. The number of nitrogens with zero attached hydrogens (tertiary/aromatic N) is 2. The zero-order valence-corrected chi connectivity index (χ0v) is 47.4. The monoisotopic (exact) mass is 973 g/mol. The molecule has 0 aliphatic carbocycles. The molecule has 0 N–H and O–H groups in total. The highest BCUT2D eigenvalue weighted by Gasteiger charge is 2.23. The summed E-state index contributed by atoms with van der Waals surface area (Å²) in [4.78, 5) is 4.89. The first-order chi connectivity index (χ1) is 35.7. The van der Waals surface area contributed by atoms with E-state index in [1.807, 2.05) is 27.7 Å². The van der Waals surface area contributed by atoms with Crippen molar-refractivity contribution in [2.75, 3.05) is 9.80 Å². The minimum Gasteiger partial charge on any atom is -0.310 e. The first-order valence-corrected chi connectivity index (χ1v) is 26.7. The molecule has 0 bridgehead atoms. The van der Waals surface area contributed by atoms with Crippen molar-refractivity contribution in [1.29, 1.82) is 0 Å². The molecule has 74 heavy (non-hydrogen) atoms. The number of benzene rings is 8. The van der Waals surface area contributed by atoms with Crippen molar-refractivity contribution in [3.05, 3.63) is 260 Å². The standard InChI is InChI=1S/C68H68N2.2C2H6/c1-45(59-25-15-13-16-26-59)21-19-23-57-29-37-63(38-30-57)69(67-53(9)49(5)47(3)50(6)54(67)10)65-41-33-61(34-42-65)62-35-43-66(44-36-62)70(68-55(11)51(7)48(4)52(8)56(68)12)64-39-31-58(32-40-64)24-20-22-46(2)60-27-17-14-18-28-60;2*1-2/h13-44H,1-12H3;2*1-2H3/b23-19+,24-20+,45-21+,46-22+;;. The number of rotatable bonds is 13. The molecule has 2 heteroatoms. The highest BCUT2D eigenvalue weighted by molar-refractivity contribution is 5.86. The van der Waals surface area contributed by atoms with Gasteiger partial charge in [-0.2, -0.15) is 0 Å². The fourth-order valence-corrected chi connectivity index (χ4v) is 9.72. The third-order valence-corrected chi connectivity index (χ3v) is 15.0. The number of hydrogen-bond acceptors (Lipinski definition) is 2. The van der Waals surface area contributed by atoms with Gasteiger partial charge >= 0.3 is 0 Å². The lowest BCUT2D eigenvalue weighted by Crippen LogP contribution is -2.15. The summed E-state index contributed by atoms with van der Waals surface area (Å²) < 4.78 is 0. The minimum atomic E-state index is 1.13. The normalized spacial score (nSPS) is 11.6. The van der Waals surface area contributed by atoms with E-state index in [-0.39, 0.29) is 0 Å². The summed E-state index contributed by atoms with van der Waals surface area (Å²) in [6.07, 6.45) is 13.0. The van der Waals surface area contributed by atoms with Crippen LogP contribution < -0.4 is 9.80 Å². The first kappa shape index (κ1) is 55.6. The molecule has 0 radical (unpaired) electrons. The Labute approximate surface area is 446 Å². The Morgan fingerprint density at radius 1 is 0.297 bits per heavy atom. The molecule has 378 valence electrons. The lowest BCUT2D eigenvalue weighted by molar-refractivity contribution is 1.13. The smallest absolute Gasteiger partial charge is 0.0525 e. The van der Waals surface area contributed by atoms with E-state index >= 15 is 0 Å². The van der Waals surface area contributed by atoms with Gasteiger partial charge in [0, 0.05) is 22.7 Å². The second kappa shape index (κ2) is 25.8. The molecule has 2 nitrogen and oxygen atoms in total. The fraction of sp³-hybridized carbons (Fsp3) is 0.222. The highest BCUT2D eigenvalue weighted by Crippen LogP contribution is 2.45. The molecule has 0 atom stereocenters. The Morgan fingerprint density at radius 3 is 0.811 bits per heavy atom. The molecule has 0 aromatic heterocycles. The topological polar surface area (TPSA) is 6.48 Å². The lowest BCUT2D eigenvalue weighted by Gasteiger charge is -2.31. The molecule has 0 amide bonds. The van der Waals surface area contributed by atoms with Crippen LogP contribution in [0.3, 0.4) is 0 Å². The Hall–Kier alpha value is -7.68. The third kappa shape index (κ3) is 12.4. The van der Waals surface area contributed by atoms with Gasteiger partial charge in [-0.15, -0.1) is 0 Å². The van der Waals surface area contributed by atoms with Crippen molar-refractivity contribution in [2.45, 2.75) is 111 Å². The number of allylic oxidation sites excluding steroid dienone is 6. The molecule has 0 saturated heterocycles. The lowest BCUT2D eigenvalue weighted by atomic mass is 9.91. The van der Waals surface area contributed by atoms with Crippen LogP contribution in [0.1, 0.15) is 119 Å². The average Bonchev–Trinajstić information content (AvgIpc) is 3.45. The van der Waals surface area contributed by atoms with Crippen molar-refractivity contribution >= 4 is 57.4 Å². The summed E-state index contributed by atoms with van der Waals surface area (Å²) in [5.74, 6) is 0. The summed E-state index contributed by atoms with van der Waals surface area (Å²) in [6.45, 7) is 35.0. The van der Waals surface area contributed by atoms with Crippen molar-refractivity contribution in [3.63, 3.8) is 0 Å². The van der Waals surface area contributed by atoms with Crippen LogP contribution in [0.15, 0.2) is 182 Å². The number of anilines is 6. The summed E-state index contributed by atoms with van der Waals surface area (Å²) in [5, 5.41) is 0. The fourth-order valence-electron chi connectivity index (χ4n) is 9.72. The van der Waals surface area contributed by atoms with Crippen molar-refractivity contribution in [1.82, 2.24) is 0 Å². The third-order valence-electron chi connectivity index (χ3n) is 15.0. The molecule has 0 heterocycles. The Morgan fingerprint density at radius 2 is 0.541 bits per heavy atom. The molecule has 0 unspecified atom stereocenters. The van der Waals surface area contributed by atoms with E-state index in [1.54, 1.807) is 0 Å². The molecule has 8 aromatic rings. The van der Waals surface area contributed by atoms with E-state index in [9.17, 15) is 0 Å². The zero-order valence-electron chi connectivity index (χ0n) is 47.4. The Balaban J connectivity index is 0.00000218. The second-order valence-corrected chi connectivity index (χ2v) is 19.0. The zero-order chi connectivity index (χ0) is 53.6. The molecule has 0 aliphatic heterocycles. The van der Waals surface area contributed by atoms with Crippen molar-refractivity contribution in [2.24, 2.45) is 0 Å². The maximum atomic E-state index is 2.45. The molecule has 0 saturated carbocycles. The second-order valence-electron chi connectivity index (χ2n) is 19.0. The van der Waals surface area contributed by atoms with Crippen LogP contribution in [0.2, 0.25) is 0 Å². The molecule has 8 rings (SSSR count). The van der Waals surface area contributed by atoms with Crippen molar-refractivity contribution < 1.29 is 0 Å². The first-order valence-electron chi connectivity index (χ1n) is 26.7. The van der Waals surface area contributed by atoms with Gasteiger partial charge in [-0.1, -0.05) is 173 Å². The summed E-state index contributed by atoms with van der Waals surface area (Å²) in [6, 6.07) is 57.2.